The van der Waals surface area contributed by atoms with Crippen molar-refractivity contribution in [2.45, 2.75) is 13.3 Å². The third-order valence-corrected chi connectivity index (χ3v) is 1.74. The lowest BCUT2D eigenvalue weighted by Crippen LogP contribution is -2.00. The number of rotatable bonds is 2. The van der Waals surface area contributed by atoms with Gasteiger partial charge in [0.1, 0.15) is 5.82 Å². The first-order valence-electron chi connectivity index (χ1n) is 3.81. The molecule has 0 atom stereocenters. The Bertz CT molecular complexity index is 379. The lowest BCUT2D eigenvalue weighted by atomic mass is 10.0. The summed E-state index contributed by atoms with van der Waals surface area (Å²) in [5, 5.41) is 8.29. The molecule has 0 aliphatic heterocycles. The van der Waals surface area contributed by atoms with Gasteiger partial charge in [-0.1, -0.05) is 6.07 Å². The fraction of sp³-hybridized carbons (Fsp3) is 0.200. The Labute approximate surface area is 75.6 Å². The number of ketones is 1. The van der Waals surface area contributed by atoms with Gasteiger partial charge in [0.05, 0.1) is 12.5 Å². The molecule has 1 aromatic rings. The number of benzene rings is 1. The highest BCUT2D eigenvalue weighted by Crippen LogP contribution is 2.11. The average Bonchev–Trinajstić information content (AvgIpc) is 2.09. The van der Waals surface area contributed by atoms with Gasteiger partial charge in [-0.3, -0.25) is 4.79 Å². The van der Waals surface area contributed by atoms with E-state index in [1.807, 2.05) is 0 Å². The summed E-state index contributed by atoms with van der Waals surface area (Å²) in [6.45, 7) is 1.71. The van der Waals surface area contributed by atoms with Gasteiger partial charge in [-0.2, -0.15) is 5.26 Å². The molecule has 0 spiro atoms. The topological polar surface area (TPSA) is 40.9 Å². The largest absolute Gasteiger partial charge is 0.293 e. The fourth-order valence-electron chi connectivity index (χ4n) is 1.06. The van der Waals surface area contributed by atoms with Crippen LogP contribution < -0.4 is 0 Å². The van der Waals surface area contributed by atoms with Gasteiger partial charge < -0.3 is 0 Å². The van der Waals surface area contributed by atoms with Crippen LogP contribution >= 0.6 is 0 Å². The van der Waals surface area contributed by atoms with Crippen molar-refractivity contribution in [3.05, 3.63) is 35.1 Å². The van der Waals surface area contributed by atoms with Crippen molar-refractivity contribution in [2.75, 3.05) is 0 Å². The summed E-state index contributed by atoms with van der Waals surface area (Å²) in [6.07, 6.45) is -0.204. The van der Waals surface area contributed by atoms with E-state index in [0.29, 0.717) is 11.1 Å². The summed E-state index contributed by atoms with van der Waals surface area (Å²) in [5.74, 6) is -0.786. The van der Waals surface area contributed by atoms with E-state index in [1.165, 1.54) is 12.1 Å². The molecule has 0 unspecified atom stereocenters. The molecule has 0 radical (unpaired) electrons. The average molecular weight is 177 g/mol. The van der Waals surface area contributed by atoms with E-state index < -0.39 is 5.82 Å². The second kappa shape index (κ2) is 3.81. The molecule has 13 heavy (non-hydrogen) atoms. The number of aryl methyl sites for hydroxylation is 1. The minimum atomic E-state index is -0.452. The normalized spacial score (nSPS) is 9.31. The van der Waals surface area contributed by atoms with Gasteiger partial charge in [-0.15, -0.1) is 0 Å². The molecule has 1 aromatic carbocycles. The lowest BCUT2D eigenvalue weighted by Gasteiger charge is -2.01. The molecule has 0 saturated carbocycles. The maximum atomic E-state index is 12.7. The number of Topliss-reactive ketones (excluding diaryl/α,β-unsaturated/α-hetero) is 1. The number of nitriles is 1. The summed E-state index contributed by atoms with van der Waals surface area (Å²) >= 11 is 0. The fourth-order valence-corrected chi connectivity index (χ4v) is 1.06. The quantitative estimate of drug-likeness (QED) is 0.650. The van der Waals surface area contributed by atoms with Gasteiger partial charge in [0.2, 0.25) is 0 Å². The molecule has 2 nitrogen and oxygen atoms in total. The molecule has 0 aromatic heterocycles. The van der Waals surface area contributed by atoms with Crippen LogP contribution in [0.25, 0.3) is 0 Å². The Morgan fingerprint density at radius 1 is 1.62 bits per heavy atom. The van der Waals surface area contributed by atoms with Crippen molar-refractivity contribution >= 4 is 5.78 Å². The van der Waals surface area contributed by atoms with Crippen LogP contribution in [-0.2, 0) is 0 Å². The van der Waals surface area contributed by atoms with Crippen LogP contribution in [0.2, 0.25) is 0 Å². The van der Waals surface area contributed by atoms with E-state index in [9.17, 15) is 9.18 Å². The number of hydrogen-bond donors (Lipinski definition) is 0. The summed E-state index contributed by atoms with van der Waals surface area (Å²) < 4.78 is 12.7. The van der Waals surface area contributed by atoms with Crippen molar-refractivity contribution in [1.82, 2.24) is 0 Å². The second-order valence-electron chi connectivity index (χ2n) is 2.72. The minimum absolute atomic E-state index is 0.204. The molecule has 66 valence electrons. The van der Waals surface area contributed by atoms with E-state index in [0.717, 1.165) is 6.07 Å². The van der Waals surface area contributed by atoms with Crippen LogP contribution in [0.15, 0.2) is 18.2 Å². The molecule has 0 aliphatic carbocycles. The molecule has 0 fully saturated rings. The van der Waals surface area contributed by atoms with Crippen LogP contribution in [0.4, 0.5) is 4.39 Å². The first-order valence-corrected chi connectivity index (χ1v) is 3.81. The zero-order valence-corrected chi connectivity index (χ0v) is 7.17. The van der Waals surface area contributed by atoms with Crippen LogP contribution in [0.3, 0.4) is 0 Å². The number of carbonyl (C=O) groups excluding carboxylic acids is 1. The van der Waals surface area contributed by atoms with Gasteiger partial charge in [-0.25, -0.2) is 4.39 Å². The number of hydrogen-bond acceptors (Lipinski definition) is 2. The maximum absolute atomic E-state index is 12.7. The zero-order valence-electron chi connectivity index (χ0n) is 7.17. The Hall–Kier alpha value is -1.69. The van der Waals surface area contributed by atoms with Crippen LogP contribution in [0.5, 0.6) is 0 Å². The first kappa shape index (κ1) is 9.40. The predicted molar refractivity (Wildman–Crippen MR) is 45.7 cm³/mol. The Morgan fingerprint density at radius 2 is 2.31 bits per heavy atom. The van der Waals surface area contributed by atoms with Crippen molar-refractivity contribution < 1.29 is 9.18 Å². The minimum Gasteiger partial charge on any atom is -0.293 e. The Morgan fingerprint density at radius 3 is 2.92 bits per heavy atom. The van der Waals surface area contributed by atoms with Gasteiger partial charge in [-0.05, 0) is 24.6 Å². The molecule has 3 heteroatoms. The third-order valence-electron chi connectivity index (χ3n) is 1.74. The molecular weight excluding hydrogens is 169 g/mol. The number of halogens is 1. The number of nitrogens with zero attached hydrogens (tertiary/aromatic N) is 1. The number of carbonyl (C=O) groups is 1. The summed E-state index contributed by atoms with van der Waals surface area (Å²) in [5.41, 5.74) is 0.989. The van der Waals surface area contributed by atoms with E-state index in [-0.39, 0.29) is 12.2 Å². The zero-order chi connectivity index (χ0) is 9.84. The predicted octanol–water partition coefficient (Wildman–Crippen LogP) is 2.23. The summed E-state index contributed by atoms with van der Waals surface area (Å²) in [7, 11) is 0. The molecule has 1 rings (SSSR count). The van der Waals surface area contributed by atoms with Gasteiger partial charge in [0, 0.05) is 5.56 Å². The maximum Gasteiger partial charge on any atom is 0.177 e. The lowest BCUT2D eigenvalue weighted by molar-refractivity contribution is 0.0996. The molecule has 0 N–H and O–H groups in total. The SMILES string of the molecule is Cc1ccc(F)cc1C(=O)CC#N. The summed E-state index contributed by atoms with van der Waals surface area (Å²) in [6, 6.07) is 5.72. The molecule has 0 saturated heterocycles. The first-order chi connectivity index (χ1) is 6.15. The Balaban J connectivity index is 3.07. The smallest absolute Gasteiger partial charge is 0.177 e. The molecule has 0 amide bonds. The van der Waals surface area contributed by atoms with Crippen LogP contribution in [0, 0.1) is 24.1 Å². The van der Waals surface area contributed by atoms with Crippen molar-refractivity contribution in [3.8, 4) is 6.07 Å². The van der Waals surface area contributed by atoms with Gasteiger partial charge in [0.25, 0.3) is 0 Å². The van der Waals surface area contributed by atoms with E-state index in [2.05, 4.69) is 0 Å². The molecular formula is C10H8FNO. The van der Waals surface area contributed by atoms with Crippen LogP contribution in [-0.4, -0.2) is 5.78 Å². The van der Waals surface area contributed by atoms with Crippen molar-refractivity contribution in [1.29, 1.82) is 5.26 Å². The second-order valence-corrected chi connectivity index (χ2v) is 2.72. The van der Waals surface area contributed by atoms with Crippen molar-refractivity contribution in [3.63, 3.8) is 0 Å². The molecule has 0 aliphatic rings. The van der Waals surface area contributed by atoms with Crippen LogP contribution in [0.1, 0.15) is 22.3 Å². The monoisotopic (exact) mass is 177 g/mol. The van der Waals surface area contributed by atoms with Gasteiger partial charge >= 0.3 is 0 Å². The van der Waals surface area contributed by atoms with Gasteiger partial charge in [0.15, 0.2) is 5.78 Å². The Kier molecular flexibility index (Phi) is 2.76. The third kappa shape index (κ3) is 2.12. The van der Waals surface area contributed by atoms with E-state index >= 15 is 0 Å². The standard InChI is InChI=1S/C10H8FNO/c1-7-2-3-8(11)6-9(7)10(13)4-5-12/h2-3,6H,4H2,1H3. The van der Waals surface area contributed by atoms with E-state index in [1.54, 1.807) is 13.0 Å². The molecule has 0 heterocycles. The highest BCUT2D eigenvalue weighted by molar-refractivity contribution is 5.98. The highest BCUT2D eigenvalue weighted by atomic mass is 19.1. The van der Waals surface area contributed by atoms with Crippen molar-refractivity contribution in [2.24, 2.45) is 0 Å². The highest BCUT2D eigenvalue weighted by Gasteiger charge is 2.08. The summed E-state index contributed by atoms with van der Waals surface area (Å²) in [4.78, 5) is 11.2. The molecule has 0 bridgehead atoms. The van der Waals surface area contributed by atoms with E-state index in [4.69, 9.17) is 5.26 Å².